The molecule has 178 valence electrons. The summed E-state index contributed by atoms with van der Waals surface area (Å²) in [4.78, 5) is 18.0. The Morgan fingerprint density at radius 3 is 2.39 bits per heavy atom. The highest BCUT2D eigenvalue weighted by Crippen LogP contribution is 2.23. The van der Waals surface area contributed by atoms with Gasteiger partial charge in [0.15, 0.2) is 0 Å². The van der Waals surface area contributed by atoms with Gasteiger partial charge in [0.25, 0.3) is 0 Å². The number of pyridine rings is 1. The van der Waals surface area contributed by atoms with Crippen LogP contribution in [0, 0.1) is 6.92 Å². The molecule has 1 aromatic carbocycles. The Hall–Kier alpha value is -2.95. The van der Waals surface area contributed by atoms with Gasteiger partial charge in [0.05, 0.1) is 30.7 Å². The van der Waals surface area contributed by atoms with E-state index in [9.17, 15) is 18.3 Å². The third-order valence-corrected chi connectivity index (χ3v) is 5.61. The minimum atomic E-state index is -5.08. The fraction of sp³-hybridized carbons (Fsp3) is 0.391. The summed E-state index contributed by atoms with van der Waals surface area (Å²) in [5.41, 5.74) is 4.86. The number of piperazine rings is 1. The highest BCUT2D eigenvalue weighted by atomic mass is 19.4. The molecule has 2 N–H and O–H groups in total. The number of hydrogen-bond acceptors (Lipinski definition) is 5. The third-order valence-electron chi connectivity index (χ3n) is 5.61. The van der Waals surface area contributed by atoms with E-state index in [2.05, 4.69) is 68.6 Å². The normalized spacial score (nSPS) is 16.3. The second kappa shape index (κ2) is 10.8. The van der Waals surface area contributed by atoms with E-state index in [1.165, 1.54) is 16.8 Å². The lowest BCUT2D eigenvalue weighted by atomic mass is 10.0. The number of imidazole rings is 1. The number of aliphatic carboxylic acids is 1. The second-order valence-electron chi connectivity index (χ2n) is 7.93. The van der Waals surface area contributed by atoms with Crippen LogP contribution < -0.4 is 0 Å². The van der Waals surface area contributed by atoms with Crippen molar-refractivity contribution in [1.82, 2.24) is 19.2 Å². The standard InChI is InChI=1S/C21H26N4O.C2HF3O2/c1-17-4-2-5-18(12-17)21(15-26)24-10-8-23(9-11-24)14-20-7-3-6-19-13-22-16-25(19)20;3-2(4,5)1(6)7/h2-7,12-13,16,21,26H,8-11,14-15H2,1H3;(H,6,7). The van der Waals surface area contributed by atoms with Gasteiger partial charge < -0.3 is 14.6 Å². The summed E-state index contributed by atoms with van der Waals surface area (Å²) in [6.45, 7) is 7.15. The van der Waals surface area contributed by atoms with Crippen LogP contribution in [0.4, 0.5) is 13.2 Å². The molecule has 0 saturated carbocycles. The molecule has 7 nitrogen and oxygen atoms in total. The number of aromatic nitrogens is 2. The molecule has 4 rings (SSSR count). The van der Waals surface area contributed by atoms with Crippen molar-refractivity contribution in [3.63, 3.8) is 0 Å². The predicted octanol–water partition coefficient (Wildman–Crippen LogP) is 3.13. The summed E-state index contributed by atoms with van der Waals surface area (Å²) in [6.07, 6.45) is -1.30. The van der Waals surface area contributed by atoms with Gasteiger partial charge in [0, 0.05) is 38.4 Å². The minimum Gasteiger partial charge on any atom is -0.475 e. The van der Waals surface area contributed by atoms with E-state index in [-0.39, 0.29) is 12.6 Å². The van der Waals surface area contributed by atoms with E-state index in [0.717, 1.165) is 38.2 Å². The first-order valence-electron chi connectivity index (χ1n) is 10.5. The zero-order valence-corrected chi connectivity index (χ0v) is 18.2. The van der Waals surface area contributed by atoms with E-state index >= 15 is 0 Å². The SMILES string of the molecule is Cc1cccc(C(CO)N2CCN(Cc3cccc4cncn34)CC2)c1.O=C(O)C(F)(F)F. The van der Waals surface area contributed by atoms with Crippen LogP contribution in [0.1, 0.15) is 22.9 Å². The molecule has 0 radical (unpaired) electrons. The quantitative estimate of drug-likeness (QED) is 0.604. The first kappa shape index (κ1) is 24.7. The molecule has 3 aromatic rings. The van der Waals surface area contributed by atoms with Gasteiger partial charge in [-0.05, 0) is 24.6 Å². The van der Waals surface area contributed by atoms with Crippen molar-refractivity contribution in [3.8, 4) is 0 Å². The first-order chi connectivity index (χ1) is 15.7. The van der Waals surface area contributed by atoms with Crippen LogP contribution in [0.5, 0.6) is 0 Å². The minimum absolute atomic E-state index is 0.0918. The van der Waals surface area contributed by atoms with Crippen LogP contribution in [-0.2, 0) is 11.3 Å². The molecule has 0 amide bonds. The van der Waals surface area contributed by atoms with Gasteiger partial charge >= 0.3 is 12.1 Å². The average molecular weight is 464 g/mol. The summed E-state index contributed by atoms with van der Waals surface area (Å²) < 4.78 is 33.9. The highest BCUT2D eigenvalue weighted by molar-refractivity contribution is 5.73. The molecular weight excluding hydrogens is 437 g/mol. The van der Waals surface area contributed by atoms with Crippen LogP contribution in [0.25, 0.3) is 5.52 Å². The van der Waals surface area contributed by atoms with Crippen LogP contribution in [0.2, 0.25) is 0 Å². The van der Waals surface area contributed by atoms with Crippen molar-refractivity contribution in [2.24, 2.45) is 0 Å². The van der Waals surface area contributed by atoms with Gasteiger partial charge in [-0.1, -0.05) is 35.9 Å². The molecule has 1 aliphatic heterocycles. The zero-order chi connectivity index (χ0) is 24.0. The summed E-state index contributed by atoms with van der Waals surface area (Å²) in [6, 6.07) is 14.9. The number of alkyl halides is 3. The van der Waals surface area contributed by atoms with Crippen LogP contribution >= 0.6 is 0 Å². The Morgan fingerprint density at radius 1 is 1.12 bits per heavy atom. The fourth-order valence-electron chi connectivity index (χ4n) is 3.91. The summed E-state index contributed by atoms with van der Waals surface area (Å²) in [5.74, 6) is -2.76. The number of rotatable bonds is 5. The maximum atomic E-state index is 10.6. The number of carboxylic acid groups (broad SMARTS) is 1. The number of fused-ring (bicyclic) bond motifs is 1. The molecule has 0 aliphatic carbocycles. The molecule has 2 aromatic heterocycles. The van der Waals surface area contributed by atoms with E-state index in [1.807, 2.05) is 12.5 Å². The van der Waals surface area contributed by atoms with Crippen LogP contribution in [-0.4, -0.2) is 74.3 Å². The smallest absolute Gasteiger partial charge is 0.475 e. The van der Waals surface area contributed by atoms with Crippen molar-refractivity contribution in [1.29, 1.82) is 0 Å². The number of halogens is 3. The molecular formula is C23H27F3N4O3. The lowest BCUT2D eigenvalue weighted by Crippen LogP contribution is -2.48. The molecule has 33 heavy (non-hydrogen) atoms. The summed E-state index contributed by atoms with van der Waals surface area (Å²) in [7, 11) is 0. The zero-order valence-electron chi connectivity index (χ0n) is 18.2. The van der Waals surface area contributed by atoms with Crippen LogP contribution in [0.15, 0.2) is 55.0 Å². The van der Waals surface area contributed by atoms with Crippen LogP contribution in [0.3, 0.4) is 0 Å². The Labute approximate surface area is 189 Å². The van der Waals surface area contributed by atoms with Gasteiger partial charge in [0.1, 0.15) is 0 Å². The number of aliphatic hydroxyl groups excluding tert-OH is 1. The van der Waals surface area contributed by atoms with E-state index < -0.39 is 12.1 Å². The van der Waals surface area contributed by atoms with E-state index in [4.69, 9.17) is 9.90 Å². The number of aliphatic hydroxyl groups is 1. The Balaban J connectivity index is 0.000000383. The fourth-order valence-corrected chi connectivity index (χ4v) is 3.91. The molecule has 0 spiro atoms. The Kier molecular flexibility index (Phi) is 8.06. The molecule has 1 atom stereocenters. The maximum Gasteiger partial charge on any atom is 0.490 e. The number of carboxylic acids is 1. The van der Waals surface area contributed by atoms with Gasteiger partial charge in [-0.2, -0.15) is 13.2 Å². The monoisotopic (exact) mass is 464 g/mol. The number of aryl methyl sites for hydroxylation is 1. The van der Waals surface area contributed by atoms with Crippen molar-refractivity contribution in [3.05, 3.63) is 71.8 Å². The van der Waals surface area contributed by atoms with Crippen molar-refractivity contribution in [2.45, 2.75) is 25.7 Å². The van der Waals surface area contributed by atoms with Gasteiger partial charge in [-0.25, -0.2) is 9.78 Å². The molecule has 1 unspecified atom stereocenters. The number of nitrogens with zero attached hydrogens (tertiary/aromatic N) is 4. The molecule has 3 heterocycles. The Morgan fingerprint density at radius 2 is 1.79 bits per heavy atom. The lowest BCUT2D eigenvalue weighted by Gasteiger charge is -2.39. The third kappa shape index (κ3) is 6.53. The van der Waals surface area contributed by atoms with Gasteiger partial charge in [-0.15, -0.1) is 0 Å². The van der Waals surface area contributed by atoms with E-state index in [1.54, 1.807) is 0 Å². The van der Waals surface area contributed by atoms with Gasteiger partial charge in [-0.3, -0.25) is 9.80 Å². The van der Waals surface area contributed by atoms with Crippen molar-refractivity contribution in [2.75, 3.05) is 32.8 Å². The lowest BCUT2D eigenvalue weighted by molar-refractivity contribution is -0.192. The van der Waals surface area contributed by atoms with Crippen molar-refractivity contribution >= 4 is 11.5 Å². The molecule has 1 saturated heterocycles. The average Bonchev–Trinajstić information content (AvgIpc) is 3.25. The first-order valence-corrected chi connectivity index (χ1v) is 10.5. The summed E-state index contributed by atoms with van der Waals surface area (Å²) in [5, 5.41) is 17.1. The Bertz CT molecular complexity index is 1060. The molecule has 10 heteroatoms. The number of carbonyl (C=O) groups is 1. The van der Waals surface area contributed by atoms with Crippen molar-refractivity contribution < 1.29 is 28.2 Å². The largest absolute Gasteiger partial charge is 0.490 e. The van der Waals surface area contributed by atoms with Gasteiger partial charge in [0.2, 0.25) is 0 Å². The van der Waals surface area contributed by atoms with E-state index in [0.29, 0.717) is 0 Å². The molecule has 1 aliphatic rings. The predicted molar refractivity (Wildman–Crippen MR) is 117 cm³/mol. The number of benzene rings is 1. The molecule has 1 fully saturated rings. The molecule has 0 bridgehead atoms. The highest BCUT2D eigenvalue weighted by Gasteiger charge is 2.38. The second-order valence-corrected chi connectivity index (χ2v) is 7.93. The summed E-state index contributed by atoms with van der Waals surface area (Å²) >= 11 is 0. The maximum absolute atomic E-state index is 10.6. The number of hydrogen-bond donors (Lipinski definition) is 2. The topological polar surface area (TPSA) is 81.3 Å².